The summed E-state index contributed by atoms with van der Waals surface area (Å²) in [6.07, 6.45) is 1.73. The van der Waals surface area contributed by atoms with Gasteiger partial charge in [-0.25, -0.2) is 0 Å². The van der Waals surface area contributed by atoms with Gasteiger partial charge in [0, 0.05) is 17.1 Å². The van der Waals surface area contributed by atoms with E-state index in [1.807, 2.05) is 0 Å². The molecule has 0 N–H and O–H groups in total. The molecule has 0 atom stereocenters. The highest BCUT2D eigenvalue weighted by Crippen LogP contribution is 2.44. The molecule has 0 amide bonds. The van der Waals surface area contributed by atoms with Crippen molar-refractivity contribution >= 4 is 49.4 Å². The summed E-state index contributed by atoms with van der Waals surface area (Å²) < 4.78 is 0. The molecule has 1 nitrogen and oxygen atoms in total. The lowest BCUT2D eigenvalue weighted by Gasteiger charge is -2.28. The van der Waals surface area contributed by atoms with Gasteiger partial charge in [0.2, 0.25) is 0 Å². The van der Waals surface area contributed by atoms with Crippen molar-refractivity contribution in [3.63, 3.8) is 0 Å². The van der Waals surface area contributed by atoms with E-state index >= 15 is 0 Å². The fourth-order valence-electron chi connectivity index (χ4n) is 8.39. The smallest absolute Gasteiger partial charge is 0.0468 e. The second kappa shape index (κ2) is 12.2. The molecular formula is C50H35N. The summed E-state index contributed by atoms with van der Waals surface area (Å²) in [7, 11) is 0. The van der Waals surface area contributed by atoms with E-state index in [1.165, 1.54) is 76.8 Å². The quantitative estimate of drug-likeness (QED) is 0.172. The van der Waals surface area contributed by atoms with Crippen LogP contribution in [0.2, 0.25) is 0 Å². The van der Waals surface area contributed by atoms with E-state index in [-0.39, 0.29) is 0 Å². The summed E-state index contributed by atoms with van der Waals surface area (Å²) in [5.74, 6) is 0. The summed E-state index contributed by atoms with van der Waals surface area (Å²) in [6.45, 7) is 0. The van der Waals surface area contributed by atoms with Gasteiger partial charge in [0.1, 0.15) is 0 Å². The summed E-state index contributed by atoms with van der Waals surface area (Å²) in [5.41, 5.74) is 14.0. The van der Waals surface area contributed by atoms with Gasteiger partial charge in [-0.2, -0.15) is 0 Å². The molecule has 0 spiro atoms. The Labute approximate surface area is 298 Å². The third kappa shape index (κ3) is 5.01. The van der Waals surface area contributed by atoms with Crippen LogP contribution in [0.5, 0.6) is 0 Å². The van der Waals surface area contributed by atoms with Crippen molar-refractivity contribution in [2.24, 2.45) is 0 Å². The Bertz CT molecular complexity index is 2720. The molecule has 0 aliphatic heterocycles. The fourth-order valence-corrected chi connectivity index (χ4v) is 8.39. The minimum absolute atomic E-state index is 0.856. The summed E-state index contributed by atoms with van der Waals surface area (Å²) in [6, 6.07) is 69.4. The maximum Gasteiger partial charge on any atom is 0.0468 e. The predicted molar refractivity (Wildman–Crippen MR) is 217 cm³/mol. The molecule has 0 bridgehead atoms. The van der Waals surface area contributed by atoms with Crippen molar-refractivity contribution < 1.29 is 0 Å². The van der Waals surface area contributed by atoms with Crippen LogP contribution in [0.1, 0.15) is 22.3 Å². The monoisotopic (exact) mass is 649 g/mol. The van der Waals surface area contributed by atoms with Gasteiger partial charge in [-0.3, -0.25) is 0 Å². The number of rotatable bonds is 3. The van der Waals surface area contributed by atoms with Crippen molar-refractivity contribution in [3.05, 3.63) is 210 Å². The molecular weight excluding hydrogens is 615 g/mol. The van der Waals surface area contributed by atoms with Crippen molar-refractivity contribution in [2.75, 3.05) is 4.90 Å². The second-order valence-corrected chi connectivity index (χ2v) is 13.7. The van der Waals surface area contributed by atoms with E-state index in [1.54, 1.807) is 0 Å². The Balaban J connectivity index is 1.20. The van der Waals surface area contributed by atoms with Crippen LogP contribution in [-0.2, 0) is 12.8 Å². The molecule has 0 fully saturated rings. The third-order valence-corrected chi connectivity index (χ3v) is 10.7. The molecule has 51 heavy (non-hydrogen) atoms. The Kier molecular flexibility index (Phi) is 7.03. The van der Waals surface area contributed by atoms with Crippen LogP contribution in [-0.4, -0.2) is 0 Å². The maximum absolute atomic E-state index is 2.43. The maximum atomic E-state index is 2.43. The molecule has 1 aliphatic carbocycles. The lowest BCUT2D eigenvalue weighted by molar-refractivity contribution is 1.15. The van der Waals surface area contributed by atoms with Crippen LogP contribution < -0.4 is 4.90 Å². The van der Waals surface area contributed by atoms with Crippen molar-refractivity contribution in [3.8, 4) is 22.3 Å². The van der Waals surface area contributed by atoms with Gasteiger partial charge in [0.05, 0.1) is 0 Å². The molecule has 240 valence electrons. The highest BCUT2D eigenvalue weighted by atomic mass is 15.1. The van der Waals surface area contributed by atoms with Gasteiger partial charge in [-0.05, 0) is 126 Å². The number of hydrogen-bond donors (Lipinski definition) is 0. The van der Waals surface area contributed by atoms with Gasteiger partial charge in [-0.15, -0.1) is 0 Å². The van der Waals surface area contributed by atoms with Crippen molar-refractivity contribution in [1.82, 2.24) is 0 Å². The first-order chi connectivity index (χ1) is 25.3. The minimum Gasteiger partial charge on any atom is -0.310 e. The molecule has 10 rings (SSSR count). The number of nitrogens with zero attached hydrogens (tertiary/aromatic N) is 1. The molecule has 0 unspecified atom stereocenters. The van der Waals surface area contributed by atoms with Gasteiger partial charge < -0.3 is 4.90 Å². The number of fused-ring (bicyclic) bond motifs is 12. The van der Waals surface area contributed by atoms with E-state index in [2.05, 4.69) is 193 Å². The fraction of sp³-hybridized carbons (Fsp3) is 0.0400. The highest BCUT2D eigenvalue weighted by molar-refractivity contribution is 6.25. The molecule has 0 saturated carbocycles. The highest BCUT2D eigenvalue weighted by Gasteiger charge is 2.21. The Morgan fingerprint density at radius 3 is 1.22 bits per heavy atom. The molecule has 0 radical (unpaired) electrons. The van der Waals surface area contributed by atoms with Crippen LogP contribution in [0.15, 0.2) is 188 Å². The largest absolute Gasteiger partial charge is 0.310 e. The first-order valence-corrected chi connectivity index (χ1v) is 17.9. The second-order valence-electron chi connectivity index (χ2n) is 13.7. The van der Waals surface area contributed by atoms with E-state index in [4.69, 9.17) is 0 Å². The van der Waals surface area contributed by atoms with Gasteiger partial charge >= 0.3 is 0 Å². The zero-order valence-electron chi connectivity index (χ0n) is 28.3. The van der Waals surface area contributed by atoms with Crippen LogP contribution in [0, 0.1) is 0 Å². The lowest BCUT2D eigenvalue weighted by Crippen LogP contribution is -2.11. The Hall–Kier alpha value is -6.44. The van der Waals surface area contributed by atoms with Crippen molar-refractivity contribution in [2.45, 2.75) is 12.8 Å². The van der Waals surface area contributed by atoms with Crippen LogP contribution in [0.3, 0.4) is 0 Å². The number of hydrogen-bond acceptors (Lipinski definition) is 1. The summed E-state index contributed by atoms with van der Waals surface area (Å²) in [5, 5.41) is 7.69. The van der Waals surface area contributed by atoms with E-state index in [0.717, 1.165) is 29.9 Å². The Morgan fingerprint density at radius 2 is 0.647 bits per heavy atom. The van der Waals surface area contributed by atoms with Gasteiger partial charge in [0.25, 0.3) is 0 Å². The van der Waals surface area contributed by atoms with Gasteiger partial charge in [0.15, 0.2) is 0 Å². The topological polar surface area (TPSA) is 3.24 Å². The van der Waals surface area contributed by atoms with Crippen molar-refractivity contribution in [1.29, 1.82) is 0 Å². The number of anilines is 3. The minimum atomic E-state index is 0.856. The molecule has 9 aromatic carbocycles. The zero-order valence-corrected chi connectivity index (χ0v) is 28.3. The van der Waals surface area contributed by atoms with E-state index < -0.39 is 0 Å². The average molecular weight is 650 g/mol. The first-order valence-electron chi connectivity index (χ1n) is 17.9. The SMILES string of the molecule is c1ccc(N(c2ccc3c(c2)-c2ccccc2Cc2ccccc2-c2ccccc2C3)c2ccc3c4ccccc4c4ccccc4c3c2)cc1. The zero-order chi connectivity index (χ0) is 33.7. The normalized spacial score (nSPS) is 12.2. The first kappa shape index (κ1) is 29.5. The predicted octanol–water partition coefficient (Wildman–Crippen LogP) is 13.4. The van der Waals surface area contributed by atoms with Crippen LogP contribution >= 0.6 is 0 Å². The Morgan fingerprint density at radius 1 is 0.255 bits per heavy atom. The molecule has 1 heteroatoms. The standard InChI is InChI=1S/C50H35N/c1-2-17-38(18-3-1)51(40-28-29-48-46-24-11-10-22-44(46)45-23-12-13-25-47(45)50(48)33-40)39-27-26-37-31-35-15-5-8-20-42(35)41-19-7-4-14-34(41)30-36-16-6-9-21-43(36)49(37)32-39/h1-29,32-33H,30-31H2. The lowest BCUT2D eigenvalue weighted by atomic mass is 9.84. The molecule has 1 aliphatic rings. The molecule has 0 aromatic heterocycles. The van der Waals surface area contributed by atoms with Gasteiger partial charge in [-0.1, -0.05) is 152 Å². The average Bonchev–Trinajstić information content (AvgIpc) is 3.20. The van der Waals surface area contributed by atoms with E-state index in [0.29, 0.717) is 0 Å². The number of para-hydroxylation sites is 1. The summed E-state index contributed by atoms with van der Waals surface area (Å²) in [4.78, 5) is 2.43. The summed E-state index contributed by atoms with van der Waals surface area (Å²) >= 11 is 0. The van der Waals surface area contributed by atoms with Crippen LogP contribution in [0.25, 0.3) is 54.6 Å². The number of benzene rings is 9. The van der Waals surface area contributed by atoms with Crippen LogP contribution in [0.4, 0.5) is 17.1 Å². The molecule has 0 heterocycles. The van der Waals surface area contributed by atoms with E-state index in [9.17, 15) is 0 Å². The third-order valence-electron chi connectivity index (χ3n) is 10.7. The molecule has 0 saturated heterocycles. The molecule has 9 aromatic rings.